The van der Waals surface area contributed by atoms with Gasteiger partial charge in [-0.1, -0.05) is 26.8 Å². The van der Waals surface area contributed by atoms with Gasteiger partial charge < -0.3 is 14.5 Å². The van der Waals surface area contributed by atoms with Gasteiger partial charge in [0.05, 0.1) is 7.11 Å². The van der Waals surface area contributed by atoms with Crippen molar-refractivity contribution in [3.63, 3.8) is 0 Å². The molecule has 0 saturated carbocycles. The molecule has 23 heavy (non-hydrogen) atoms. The van der Waals surface area contributed by atoms with E-state index in [1.54, 1.807) is 7.11 Å². The van der Waals surface area contributed by atoms with E-state index < -0.39 is 8.32 Å². The van der Waals surface area contributed by atoms with Gasteiger partial charge in [0.1, 0.15) is 11.6 Å². The van der Waals surface area contributed by atoms with E-state index in [9.17, 15) is 4.79 Å². The average molecular weight is 358 g/mol. The first-order chi connectivity index (χ1) is 10.6. The molecule has 1 aromatic carbocycles. The molecule has 0 aliphatic carbocycles. The van der Waals surface area contributed by atoms with Gasteiger partial charge in [-0.25, -0.2) is 0 Å². The monoisotopic (exact) mass is 357 g/mol. The third-order valence-corrected chi connectivity index (χ3v) is 8.84. The van der Waals surface area contributed by atoms with Gasteiger partial charge in [-0.05, 0) is 42.2 Å². The highest BCUT2D eigenvalue weighted by Gasteiger charge is 2.39. The van der Waals surface area contributed by atoms with Crippen molar-refractivity contribution in [1.29, 1.82) is 0 Å². The van der Waals surface area contributed by atoms with Gasteiger partial charge in [0.2, 0.25) is 5.91 Å². The molecule has 1 rings (SSSR count). The molecule has 0 bridgehead atoms. The number of halogens is 1. The fourth-order valence-corrected chi connectivity index (χ4v) is 2.89. The van der Waals surface area contributed by atoms with Crippen LogP contribution in [0.15, 0.2) is 18.2 Å². The van der Waals surface area contributed by atoms with E-state index in [0.717, 1.165) is 23.5 Å². The van der Waals surface area contributed by atoms with Crippen LogP contribution in [-0.2, 0) is 11.2 Å². The molecule has 0 unspecified atom stereocenters. The molecule has 0 aliphatic heterocycles. The van der Waals surface area contributed by atoms with Gasteiger partial charge in [-0.2, -0.15) is 0 Å². The van der Waals surface area contributed by atoms with E-state index in [0.29, 0.717) is 6.54 Å². The number of nitrogens with one attached hydrogen (secondary N) is 1. The Morgan fingerprint density at radius 1 is 1.26 bits per heavy atom. The fraction of sp³-hybridized carbons (Fsp3) is 0.588. The SMILES string of the molecule is COc1cc(CCNC(=O)CCl)ccc1O[Si](C)(C)C(C)(C)C. The summed E-state index contributed by atoms with van der Waals surface area (Å²) in [5, 5.41) is 2.88. The second-order valence-corrected chi connectivity index (χ2v) is 12.1. The number of benzene rings is 1. The number of methoxy groups -OCH3 is 1. The molecule has 1 N–H and O–H groups in total. The van der Waals surface area contributed by atoms with E-state index in [1.807, 2.05) is 18.2 Å². The summed E-state index contributed by atoms with van der Waals surface area (Å²) >= 11 is 5.46. The Morgan fingerprint density at radius 3 is 2.43 bits per heavy atom. The Morgan fingerprint density at radius 2 is 1.91 bits per heavy atom. The summed E-state index contributed by atoms with van der Waals surface area (Å²) in [6.45, 7) is 11.6. The quantitative estimate of drug-likeness (QED) is 0.593. The predicted molar refractivity (Wildman–Crippen MR) is 98.3 cm³/mol. The standard InChI is InChI=1S/C17H28ClNO3Si/c1-17(2,3)23(5,6)22-14-8-7-13(11-15(14)21-4)9-10-19-16(20)12-18/h7-8,11H,9-10,12H2,1-6H3,(H,19,20). The molecule has 0 fully saturated rings. The smallest absolute Gasteiger partial charge is 0.250 e. The van der Waals surface area contributed by atoms with E-state index in [4.69, 9.17) is 20.8 Å². The highest BCUT2D eigenvalue weighted by atomic mass is 35.5. The molecule has 0 spiro atoms. The molecule has 1 aromatic rings. The second-order valence-electron chi connectivity index (χ2n) is 7.08. The molecular formula is C17H28ClNO3Si. The van der Waals surface area contributed by atoms with E-state index in [-0.39, 0.29) is 16.8 Å². The lowest BCUT2D eigenvalue weighted by Crippen LogP contribution is -2.43. The maximum absolute atomic E-state index is 11.1. The normalized spacial score (nSPS) is 12.0. The number of hydrogen-bond acceptors (Lipinski definition) is 3. The topological polar surface area (TPSA) is 47.6 Å². The zero-order valence-corrected chi connectivity index (χ0v) is 16.7. The molecule has 0 aliphatic rings. The van der Waals surface area contributed by atoms with Crippen LogP contribution in [0.3, 0.4) is 0 Å². The van der Waals surface area contributed by atoms with Gasteiger partial charge in [-0.15, -0.1) is 11.6 Å². The minimum Gasteiger partial charge on any atom is -0.541 e. The van der Waals surface area contributed by atoms with Crippen LogP contribution in [-0.4, -0.2) is 33.8 Å². The molecule has 0 saturated heterocycles. The number of rotatable bonds is 7. The van der Waals surface area contributed by atoms with Gasteiger partial charge in [0.15, 0.2) is 5.75 Å². The zero-order valence-electron chi connectivity index (χ0n) is 15.0. The molecule has 130 valence electrons. The van der Waals surface area contributed by atoms with Crippen LogP contribution in [0, 0.1) is 0 Å². The molecular weight excluding hydrogens is 330 g/mol. The lowest BCUT2D eigenvalue weighted by Gasteiger charge is -2.36. The summed E-state index contributed by atoms with van der Waals surface area (Å²) in [6.07, 6.45) is 0.722. The molecule has 4 nitrogen and oxygen atoms in total. The molecule has 1 amide bonds. The third-order valence-electron chi connectivity index (χ3n) is 4.26. The van der Waals surface area contributed by atoms with Crippen molar-refractivity contribution in [2.24, 2.45) is 0 Å². The van der Waals surface area contributed by atoms with Crippen molar-refractivity contribution in [3.8, 4) is 11.5 Å². The van der Waals surface area contributed by atoms with Crippen molar-refractivity contribution in [3.05, 3.63) is 23.8 Å². The Kier molecular flexibility index (Phi) is 6.95. The Balaban J connectivity index is 2.82. The fourth-order valence-electron chi connectivity index (χ4n) is 1.77. The summed E-state index contributed by atoms with van der Waals surface area (Å²) in [6, 6.07) is 5.94. The van der Waals surface area contributed by atoms with E-state index in [1.165, 1.54) is 0 Å². The lowest BCUT2D eigenvalue weighted by atomic mass is 10.1. The average Bonchev–Trinajstić information content (AvgIpc) is 2.46. The number of carbonyl (C=O) groups excluding carboxylic acids is 1. The number of alkyl halides is 1. The minimum absolute atomic E-state index is 0.0113. The first kappa shape index (κ1) is 19.8. The Labute approximate surface area is 145 Å². The summed E-state index contributed by atoms with van der Waals surface area (Å²) in [7, 11) is -0.262. The van der Waals surface area contributed by atoms with Crippen molar-refractivity contribution < 1.29 is 14.0 Å². The van der Waals surface area contributed by atoms with Crippen LogP contribution < -0.4 is 14.5 Å². The molecule has 6 heteroatoms. The third kappa shape index (κ3) is 5.73. The van der Waals surface area contributed by atoms with Crippen molar-refractivity contribution in [2.75, 3.05) is 19.5 Å². The van der Waals surface area contributed by atoms with Crippen molar-refractivity contribution >= 4 is 25.8 Å². The number of carbonyl (C=O) groups is 1. The maximum Gasteiger partial charge on any atom is 0.250 e. The Hall–Kier alpha value is -1.20. The highest BCUT2D eigenvalue weighted by molar-refractivity contribution is 6.74. The number of amides is 1. The highest BCUT2D eigenvalue weighted by Crippen LogP contribution is 2.40. The van der Waals surface area contributed by atoms with Crippen LogP contribution >= 0.6 is 11.6 Å². The van der Waals surface area contributed by atoms with Gasteiger partial charge in [0.25, 0.3) is 8.32 Å². The van der Waals surface area contributed by atoms with Crippen LogP contribution in [0.5, 0.6) is 11.5 Å². The van der Waals surface area contributed by atoms with Crippen molar-refractivity contribution in [2.45, 2.75) is 45.3 Å². The van der Waals surface area contributed by atoms with Crippen molar-refractivity contribution in [1.82, 2.24) is 5.32 Å². The van der Waals surface area contributed by atoms with Gasteiger partial charge in [-0.3, -0.25) is 4.79 Å². The first-order valence-electron chi connectivity index (χ1n) is 7.79. The minimum atomic E-state index is -1.91. The maximum atomic E-state index is 11.1. The first-order valence-corrected chi connectivity index (χ1v) is 11.2. The Bertz CT molecular complexity index is 541. The second kappa shape index (κ2) is 8.06. The zero-order chi connectivity index (χ0) is 17.7. The van der Waals surface area contributed by atoms with E-state index in [2.05, 4.69) is 39.2 Å². The largest absolute Gasteiger partial charge is 0.541 e. The van der Waals surface area contributed by atoms with Crippen LogP contribution in [0.2, 0.25) is 18.1 Å². The molecule has 0 aromatic heterocycles. The molecule has 0 heterocycles. The van der Waals surface area contributed by atoms with Gasteiger partial charge in [0, 0.05) is 6.54 Å². The van der Waals surface area contributed by atoms with Gasteiger partial charge >= 0.3 is 0 Å². The number of hydrogen-bond donors (Lipinski definition) is 1. The molecule has 0 atom stereocenters. The summed E-state index contributed by atoms with van der Waals surface area (Å²) in [5.74, 6) is 1.35. The van der Waals surface area contributed by atoms with Crippen LogP contribution in [0.25, 0.3) is 0 Å². The van der Waals surface area contributed by atoms with E-state index >= 15 is 0 Å². The predicted octanol–water partition coefficient (Wildman–Crippen LogP) is 3.98. The summed E-state index contributed by atoms with van der Waals surface area (Å²) in [5.41, 5.74) is 1.08. The summed E-state index contributed by atoms with van der Waals surface area (Å²) in [4.78, 5) is 11.1. The lowest BCUT2D eigenvalue weighted by molar-refractivity contribution is -0.118. The van der Waals surface area contributed by atoms with Crippen LogP contribution in [0.1, 0.15) is 26.3 Å². The van der Waals surface area contributed by atoms with Crippen LogP contribution in [0.4, 0.5) is 0 Å². The number of ether oxygens (including phenoxy) is 1. The molecule has 0 radical (unpaired) electrons. The summed E-state index contributed by atoms with van der Waals surface area (Å²) < 4.78 is 11.8.